The number of nitrogens with one attached hydrogen (secondary N) is 1. The molecule has 5 heteroatoms. The van der Waals surface area contributed by atoms with Crippen LogP contribution in [0.4, 0.5) is 4.39 Å². The minimum Gasteiger partial charge on any atom is -0.311 e. The van der Waals surface area contributed by atoms with E-state index in [9.17, 15) is 4.39 Å². The average Bonchev–Trinajstić information content (AvgIpc) is 3.03. The molecule has 1 N–H and O–H groups in total. The maximum atomic E-state index is 14.8. The zero-order valence-corrected chi connectivity index (χ0v) is 14.3. The Morgan fingerprint density at radius 3 is 2.95 bits per heavy atom. The van der Waals surface area contributed by atoms with Crippen LogP contribution < -0.4 is 5.32 Å². The predicted octanol–water partition coefficient (Wildman–Crippen LogP) is 3.96. The van der Waals surface area contributed by atoms with Gasteiger partial charge in [0.15, 0.2) is 5.82 Å². The molecule has 3 atom stereocenters. The SMILES string of the molecule is CC[C@H]1CN(C(C)c2ccc3scnc3c2F)[C@H](CC)CN1. The number of thiazole rings is 1. The summed E-state index contributed by atoms with van der Waals surface area (Å²) in [4.78, 5) is 6.65. The summed E-state index contributed by atoms with van der Waals surface area (Å²) in [5.41, 5.74) is 3.01. The zero-order valence-electron chi connectivity index (χ0n) is 13.5. The summed E-state index contributed by atoms with van der Waals surface area (Å²) in [6.07, 6.45) is 2.18. The molecule has 0 aliphatic carbocycles. The summed E-state index contributed by atoms with van der Waals surface area (Å²) in [5.74, 6) is -0.146. The smallest absolute Gasteiger partial charge is 0.155 e. The number of hydrogen-bond acceptors (Lipinski definition) is 4. The highest BCUT2D eigenvalue weighted by atomic mass is 32.1. The molecule has 1 aliphatic rings. The minimum absolute atomic E-state index is 0.0761. The van der Waals surface area contributed by atoms with Gasteiger partial charge in [0, 0.05) is 36.8 Å². The Bertz CT molecular complexity index is 642. The van der Waals surface area contributed by atoms with Crippen LogP contribution in [0.5, 0.6) is 0 Å². The second-order valence-electron chi connectivity index (χ2n) is 6.12. The number of aromatic nitrogens is 1. The number of benzene rings is 1. The molecule has 0 spiro atoms. The molecule has 2 aromatic rings. The van der Waals surface area contributed by atoms with Crippen molar-refractivity contribution in [2.24, 2.45) is 0 Å². The summed E-state index contributed by atoms with van der Waals surface area (Å²) in [6, 6.07) is 4.98. The first-order valence-electron chi connectivity index (χ1n) is 8.16. The maximum Gasteiger partial charge on any atom is 0.155 e. The first-order chi connectivity index (χ1) is 10.7. The molecule has 3 nitrogen and oxygen atoms in total. The van der Waals surface area contributed by atoms with Gasteiger partial charge >= 0.3 is 0 Å². The monoisotopic (exact) mass is 321 g/mol. The molecule has 1 aromatic heterocycles. The molecule has 1 aromatic carbocycles. The van der Waals surface area contributed by atoms with Crippen LogP contribution in [0.3, 0.4) is 0 Å². The summed E-state index contributed by atoms with van der Waals surface area (Å²) in [7, 11) is 0. The summed E-state index contributed by atoms with van der Waals surface area (Å²) in [5, 5.41) is 3.60. The van der Waals surface area contributed by atoms with Crippen LogP contribution in [0.1, 0.15) is 45.2 Å². The van der Waals surface area contributed by atoms with E-state index < -0.39 is 0 Å². The first-order valence-corrected chi connectivity index (χ1v) is 9.04. The second kappa shape index (κ2) is 6.60. The van der Waals surface area contributed by atoms with Gasteiger partial charge in [-0.25, -0.2) is 9.37 Å². The molecule has 0 bridgehead atoms. The first kappa shape index (κ1) is 15.8. The standard InChI is InChI=1S/C17H24FN3S/c1-4-12-9-21(13(5-2)8-19-12)11(3)14-6-7-15-17(16(14)18)20-10-22-15/h6-7,10-13,19H,4-5,8-9H2,1-3H3/t11?,12-,13+/m0/s1. The van der Waals surface area contributed by atoms with Crippen LogP contribution in [-0.2, 0) is 0 Å². The quantitative estimate of drug-likeness (QED) is 0.924. The lowest BCUT2D eigenvalue weighted by atomic mass is 9.98. The Hall–Kier alpha value is -1.04. The normalized spacial score (nSPS) is 24.7. The van der Waals surface area contributed by atoms with Crippen LogP contribution in [-0.4, -0.2) is 35.1 Å². The Kier molecular flexibility index (Phi) is 4.76. The van der Waals surface area contributed by atoms with Gasteiger partial charge in [-0.3, -0.25) is 4.90 Å². The van der Waals surface area contributed by atoms with E-state index in [4.69, 9.17) is 0 Å². The molecule has 0 radical (unpaired) electrons. The molecule has 1 saturated heterocycles. The molecule has 1 aliphatic heterocycles. The lowest BCUT2D eigenvalue weighted by molar-refractivity contribution is 0.0835. The molecule has 1 unspecified atom stereocenters. The largest absolute Gasteiger partial charge is 0.311 e. The van der Waals surface area contributed by atoms with E-state index in [0.29, 0.717) is 17.6 Å². The van der Waals surface area contributed by atoms with Crippen molar-refractivity contribution in [1.82, 2.24) is 15.2 Å². The minimum atomic E-state index is -0.146. The highest BCUT2D eigenvalue weighted by molar-refractivity contribution is 7.16. The lowest BCUT2D eigenvalue weighted by Gasteiger charge is -2.43. The highest BCUT2D eigenvalue weighted by Gasteiger charge is 2.31. The molecule has 3 rings (SSSR count). The fourth-order valence-corrected chi connectivity index (χ4v) is 4.10. The van der Waals surface area contributed by atoms with Crippen LogP contribution in [0.15, 0.2) is 17.6 Å². The second-order valence-corrected chi connectivity index (χ2v) is 7.00. The van der Waals surface area contributed by atoms with Crippen molar-refractivity contribution in [3.05, 3.63) is 29.0 Å². The number of fused-ring (bicyclic) bond motifs is 1. The third kappa shape index (κ3) is 2.77. The zero-order chi connectivity index (χ0) is 15.7. The number of nitrogens with zero attached hydrogens (tertiary/aromatic N) is 2. The van der Waals surface area contributed by atoms with E-state index in [0.717, 1.165) is 36.2 Å². The van der Waals surface area contributed by atoms with Gasteiger partial charge < -0.3 is 5.32 Å². The van der Waals surface area contributed by atoms with Crippen molar-refractivity contribution in [1.29, 1.82) is 0 Å². The Morgan fingerprint density at radius 1 is 1.41 bits per heavy atom. The maximum absolute atomic E-state index is 14.8. The lowest BCUT2D eigenvalue weighted by Crippen LogP contribution is -2.56. The molecule has 1 fully saturated rings. The van der Waals surface area contributed by atoms with Crippen LogP contribution >= 0.6 is 11.3 Å². The van der Waals surface area contributed by atoms with Gasteiger partial charge in [-0.15, -0.1) is 11.3 Å². The van der Waals surface area contributed by atoms with Crippen molar-refractivity contribution in [2.45, 2.75) is 51.7 Å². The van der Waals surface area contributed by atoms with Gasteiger partial charge in [0.25, 0.3) is 0 Å². The Labute approximate surface area is 135 Å². The van der Waals surface area contributed by atoms with Gasteiger partial charge in [0.2, 0.25) is 0 Å². The molecular weight excluding hydrogens is 297 g/mol. The molecule has 2 heterocycles. The number of halogens is 1. The predicted molar refractivity (Wildman–Crippen MR) is 90.9 cm³/mol. The number of piperazine rings is 1. The number of hydrogen-bond donors (Lipinski definition) is 1. The Balaban J connectivity index is 1.92. The van der Waals surface area contributed by atoms with Crippen LogP contribution in [0.2, 0.25) is 0 Å². The van der Waals surface area contributed by atoms with Gasteiger partial charge in [0.1, 0.15) is 5.52 Å². The van der Waals surface area contributed by atoms with Gasteiger partial charge in [-0.2, -0.15) is 0 Å². The summed E-state index contributed by atoms with van der Waals surface area (Å²) < 4.78 is 15.7. The number of rotatable bonds is 4. The molecule has 0 saturated carbocycles. The fourth-order valence-electron chi connectivity index (χ4n) is 3.43. The van der Waals surface area contributed by atoms with Crippen LogP contribution in [0.25, 0.3) is 10.2 Å². The molecule has 22 heavy (non-hydrogen) atoms. The van der Waals surface area contributed by atoms with Crippen molar-refractivity contribution in [2.75, 3.05) is 13.1 Å². The van der Waals surface area contributed by atoms with E-state index in [2.05, 4.69) is 36.0 Å². The Morgan fingerprint density at radius 2 is 2.23 bits per heavy atom. The topological polar surface area (TPSA) is 28.2 Å². The van der Waals surface area contributed by atoms with Crippen molar-refractivity contribution in [3.8, 4) is 0 Å². The molecule has 0 amide bonds. The van der Waals surface area contributed by atoms with Crippen molar-refractivity contribution in [3.63, 3.8) is 0 Å². The third-order valence-electron chi connectivity index (χ3n) is 4.92. The van der Waals surface area contributed by atoms with Gasteiger partial charge in [-0.1, -0.05) is 19.9 Å². The van der Waals surface area contributed by atoms with E-state index in [1.807, 2.05) is 12.1 Å². The van der Waals surface area contributed by atoms with E-state index in [1.54, 1.807) is 5.51 Å². The third-order valence-corrected chi connectivity index (χ3v) is 5.72. The van der Waals surface area contributed by atoms with Gasteiger partial charge in [0.05, 0.1) is 10.2 Å². The van der Waals surface area contributed by atoms with Crippen molar-refractivity contribution >= 4 is 21.6 Å². The van der Waals surface area contributed by atoms with Crippen LogP contribution in [0, 0.1) is 5.82 Å². The van der Waals surface area contributed by atoms with E-state index >= 15 is 0 Å². The van der Waals surface area contributed by atoms with E-state index in [1.165, 1.54) is 11.3 Å². The van der Waals surface area contributed by atoms with E-state index in [-0.39, 0.29) is 11.9 Å². The molecule has 120 valence electrons. The summed E-state index contributed by atoms with van der Waals surface area (Å²) in [6.45, 7) is 8.50. The summed E-state index contributed by atoms with van der Waals surface area (Å²) >= 11 is 1.49. The average molecular weight is 321 g/mol. The molecular formula is C17H24FN3S. The van der Waals surface area contributed by atoms with Crippen molar-refractivity contribution < 1.29 is 4.39 Å². The highest BCUT2D eigenvalue weighted by Crippen LogP contribution is 2.32. The van der Waals surface area contributed by atoms with Gasteiger partial charge in [-0.05, 0) is 25.8 Å². The fraction of sp³-hybridized carbons (Fsp3) is 0.588.